The summed E-state index contributed by atoms with van der Waals surface area (Å²) in [4.78, 5) is 2.39. The van der Waals surface area contributed by atoms with E-state index in [2.05, 4.69) is 16.9 Å². The molecule has 18 heavy (non-hydrogen) atoms. The Kier molecular flexibility index (Phi) is 4.37. The highest BCUT2D eigenvalue weighted by molar-refractivity contribution is 5.13. The predicted octanol–water partition coefficient (Wildman–Crippen LogP) is 0.655. The molecule has 2 rings (SSSR count). The fourth-order valence-electron chi connectivity index (χ4n) is 2.71. The van der Waals surface area contributed by atoms with Crippen molar-refractivity contribution in [3.05, 3.63) is 18.0 Å². The van der Waals surface area contributed by atoms with Crippen molar-refractivity contribution in [2.75, 3.05) is 13.1 Å². The highest BCUT2D eigenvalue weighted by Gasteiger charge is 2.29. The maximum Gasteiger partial charge on any atom is 0.0564 e. The summed E-state index contributed by atoms with van der Waals surface area (Å²) in [5.41, 5.74) is 7.47. The number of nitrogens with zero attached hydrogens (tertiary/aromatic N) is 3. The molecular weight excluding hydrogens is 228 g/mol. The second kappa shape index (κ2) is 5.82. The van der Waals surface area contributed by atoms with Crippen molar-refractivity contribution in [3.8, 4) is 0 Å². The summed E-state index contributed by atoms with van der Waals surface area (Å²) in [6, 6.07) is 0.334. The largest absolute Gasteiger partial charge is 0.393 e. The summed E-state index contributed by atoms with van der Waals surface area (Å²) in [6.45, 7) is 3.94. The topological polar surface area (TPSA) is 67.3 Å². The first kappa shape index (κ1) is 13.5. The van der Waals surface area contributed by atoms with E-state index in [-0.39, 0.29) is 18.2 Å². The van der Waals surface area contributed by atoms with Crippen LogP contribution in [0.3, 0.4) is 0 Å². The van der Waals surface area contributed by atoms with Gasteiger partial charge in [-0.3, -0.25) is 9.58 Å². The molecule has 5 nitrogen and oxygen atoms in total. The third-order valence-electron chi connectivity index (χ3n) is 3.84. The number of aryl methyl sites for hydroxylation is 1. The Balaban J connectivity index is 2.15. The molecule has 1 aromatic heterocycles. The van der Waals surface area contributed by atoms with Crippen LogP contribution in [0.1, 0.15) is 37.8 Å². The zero-order valence-corrected chi connectivity index (χ0v) is 11.3. The molecule has 1 aliphatic rings. The van der Waals surface area contributed by atoms with E-state index >= 15 is 0 Å². The third kappa shape index (κ3) is 2.91. The van der Waals surface area contributed by atoms with Crippen LogP contribution in [0.4, 0.5) is 0 Å². The van der Waals surface area contributed by atoms with Crippen molar-refractivity contribution >= 4 is 0 Å². The molecule has 2 unspecified atom stereocenters. The molecule has 1 fully saturated rings. The molecule has 1 aliphatic heterocycles. The highest BCUT2D eigenvalue weighted by atomic mass is 16.3. The third-order valence-corrected chi connectivity index (χ3v) is 3.84. The van der Waals surface area contributed by atoms with Gasteiger partial charge in [0.2, 0.25) is 0 Å². The van der Waals surface area contributed by atoms with E-state index in [1.54, 1.807) is 0 Å². The second-order valence-corrected chi connectivity index (χ2v) is 5.23. The molecule has 2 atom stereocenters. The predicted molar refractivity (Wildman–Crippen MR) is 71.0 cm³/mol. The normalized spacial score (nSPS) is 22.0. The van der Waals surface area contributed by atoms with Crippen molar-refractivity contribution in [3.63, 3.8) is 0 Å². The number of likely N-dealkylation sites (tertiary alicyclic amines) is 1. The van der Waals surface area contributed by atoms with Crippen molar-refractivity contribution in [1.82, 2.24) is 14.7 Å². The molecule has 0 amide bonds. The fourth-order valence-corrected chi connectivity index (χ4v) is 2.71. The van der Waals surface area contributed by atoms with Crippen LogP contribution in [-0.4, -0.2) is 45.0 Å². The second-order valence-electron chi connectivity index (χ2n) is 5.23. The lowest BCUT2D eigenvalue weighted by atomic mass is 9.96. The van der Waals surface area contributed by atoms with Gasteiger partial charge >= 0.3 is 0 Å². The maximum absolute atomic E-state index is 9.60. The molecule has 0 saturated carbocycles. The number of hydrogen-bond acceptors (Lipinski definition) is 4. The van der Waals surface area contributed by atoms with E-state index in [0.717, 1.165) is 32.4 Å². The summed E-state index contributed by atoms with van der Waals surface area (Å²) >= 11 is 0. The summed E-state index contributed by atoms with van der Waals surface area (Å²) < 4.78 is 1.82. The van der Waals surface area contributed by atoms with Gasteiger partial charge in [-0.05, 0) is 19.3 Å². The Morgan fingerprint density at radius 1 is 1.50 bits per heavy atom. The van der Waals surface area contributed by atoms with Gasteiger partial charge < -0.3 is 10.8 Å². The molecule has 0 aromatic carbocycles. The van der Waals surface area contributed by atoms with Crippen molar-refractivity contribution in [2.24, 2.45) is 12.8 Å². The zero-order valence-electron chi connectivity index (χ0n) is 11.3. The van der Waals surface area contributed by atoms with Gasteiger partial charge in [-0.15, -0.1) is 0 Å². The lowest BCUT2D eigenvalue weighted by molar-refractivity contribution is 0.0529. The van der Waals surface area contributed by atoms with Gasteiger partial charge in [0.15, 0.2) is 0 Å². The van der Waals surface area contributed by atoms with Crippen LogP contribution >= 0.6 is 0 Å². The maximum atomic E-state index is 9.60. The average molecular weight is 252 g/mol. The minimum absolute atomic E-state index is 0.115. The van der Waals surface area contributed by atoms with Gasteiger partial charge in [0, 0.05) is 37.9 Å². The number of aliphatic hydroxyl groups is 1. The van der Waals surface area contributed by atoms with Crippen LogP contribution in [0.2, 0.25) is 0 Å². The monoisotopic (exact) mass is 252 g/mol. The molecule has 1 aromatic rings. The fraction of sp³-hybridized carbons (Fsp3) is 0.769. The summed E-state index contributed by atoms with van der Waals surface area (Å²) in [7, 11) is 1.93. The quantitative estimate of drug-likeness (QED) is 0.826. The molecule has 102 valence electrons. The van der Waals surface area contributed by atoms with E-state index in [4.69, 9.17) is 5.73 Å². The minimum atomic E-state index is -0.145. The molecule has 1 saturated heterocycles. The summed E-state index contributed by atoms with van der Waals surface area (Å²) in [6.07, 6.45) is 6.43. The van der Waals surface area contributed by atoms with Gasteiger partial charge in [-0.1, -0.05) is 6.92 Å². The minimum Gasteiger partial charge on any atom is -0.393 e. The van der Waals surface area contributed by atoms with Crippen LogP contribution in [0.5, 0.6) is 0 Å². The van der Waals surface area contributed by atoms with Gasteiger partial charge in [-0.25, -0.2) is 0 Å². The first-order valence-electron chi connectivity index (χ1n) is 6.78. The van der Waals surface area contributed by atoms with E-state index in [9.17, 15) is 5.11 Å². The standard InChI is InChI=1S/C13H24N4O/c1-3-12(14)13(10-8-15-16(2)9-10)17-6-4-11(18)5-7-17/h8-9,11-13,18H,3-7,14H2,1-2H3. The van der Waals surface area contributed by atoms with Crippen LogP contribution in [0, 0.1) is 0 Å². The first-order valence-corrected chi connectivity index (χ1v) is 6.78. The molecule has 0 spiro atoms. The Morgan fingerprint density at radius 3 is 2.67 bits per heavy atom. The molecule has 0 radical (unpaired) electrons. The molecule has 3 N–H and O–H groups in total. The summed E-state index contributed by atoms with van der Waals surface area (Å²) in [5.74, 6) is 0. The van der Waals surface area contributed by atoms with Gasteiger partial charge in [0.25, 0.3) is 0 Å². The Labute approximate surface area is 109 Å². The molecule has 2 heterocycles. The lowest BCUT2D eigenvalue weighted by Gasteiger charge is -2.38. The molecule has 5 heteroatoms. The Bertz CT molecular complexity index is 371. The van der Waals surface area contributed by atoms with E-state index in [1.807, 2.05) is 24.1 Å². The van der Waals surface area contributed by atoms with Gasteiger partial charge in [-0.2, -0.15) is 5.10 Å². The van der Waals surface area contributed by atoms with Crippen LogP contribution in [-0.2, 0) is 7.05 Å². The molecule has 0 aliphatic carbocycles. The number of rotatable bonds is 4. The highest BCUT2D eigenvalue weighted by Crippen LogP contribution is 2.27. The average Bonchev–Trinajstić information content (AvgIpc) is 2.78. The SMILES string of the molecule is CCC(N)C(c1cnn(C)c1)N1CCC(O)CC1. The van der Waals surface area contributed by atoms with Crippen molar-refractivity contribution < 1.29 is 5.11 Å². The van der Waals surface area contributed by atoms with Crippen molar-refractivity contribution in [1.29, 1.82) is 0 Å². The van der Waals surface area contributed by atoms with E-state index in [1.165, 1.54) is 5.56 Å². The number of hydrogen-bond donors (Lipinski definition) is 2. The first-order chi connectivity index (χ1) is 8.61. The zero-order chi connectivity index (χ0) is 13.1. The van der Waals surface area contributed by atoms with Gasteiger partial charge in [0.05, 0.1) is 18.3 Å². The van der Waals surface area contributed by atoms with E-state index in [0.29, 0.717) is 0 Å². The number of nitrogens with two attached hydrogens (primary N) is 1. The van der Waals surface area contributed by atoms with Crippen LogP contribution < -0.4 is 5.73 Å². The number of aliphatic hydroxyl groups excluding tert-OH is 1. The number of aromatic nitrogens is 2. The molecular formula is C13H24N4O. The van der Waals surface area contributed by atoms with E-state index < -0.39 is 0 Å². The lowest BCUT2D eigenvalue weighted by Crippen LogP contribution is -2.45. The molecule has 0 bridgehead atoms. The summed E-state index contributed by atoms with van der Waals surface area (Å²) in [5, 5.41) is 13.9. The smallest absolute Gasteiger partial charge is 0.0564 e. The van der Waals surface area contributed by atoms with Crippen LogP contribution in [0.15, 0.2) is 12.4 Å². The Morgan fingerprint density at radius 2 is 2.17 bits per heavy atom. The van der Waals surface area contributed by atoms with Gasteiger partial charge in [0.1, 0.15) is 0 Å². The van der Waals surface area contributed by atoms with Crippen LogP contribution in [0.25, 0.3) is 0 Å². The number of piperidine rings is 1. The Hall–Kier alpha value is -0.910. The van der Waals surface area contributed by atoms with Crippen molar-refractivity contribution in [2.45, 2.75) is 44.4 Å².